The van der Waals surface area contributed by atoms with Crippen molar-refractivity contribution in [1.82, 2.24) is 15.6 Å². The second kappa shape index (κ2) is 11.0. The van der Waals surface area contributed by atoms with Crippen LogP contribution in [0.4, 0.5) is 4.79 Å². The molecule has 2 N–H and O–H groups in total. The summed E-state index contributed by atoms with van der Waals surface area (Å²) in [7, 11) is 0. The molecule has 0 spiro atoms. The lowest BCUT2D eigenvalue weighted by Gasteiger charge is -2.22. The Kier molecular flexibility index (Phi) is 8.45. The van der Waals surface area contributed by atoms with Gasteiger partial charge in [0.05, 0.1) is 6.10 Å². The zero-order chi connectivity index (χ0) is 21.2. The van der Waals surface area contributed by atoms with Gasteiger partial charge in [-0.05, 0) is 31.4 Å². The Morgan fingerprint density at radius 2 is 1.76 bits per heavy atom. The third-order valence-corrected chi connectivity index (χ3v) is 4.09. The summed E-state index contributed by atoms with van der Waals surface area (Å²) in [6, 6.07) is 12.3. The molecule has 0 aliphatic carbocycles. The molecule has 0 saturated heterocycles. The average molecular weight is 399 g/mol. The molecular weight excluding hydrogens is 370 g/mol. The maximum atomic E-state index is 12.7. The lowest BCUT2D eigenvalue weighted by atomic mass is 10.0. The van der Waals surface area contributed by atoms with Gasteiger partial charge in [0.15, 0.2) is 0 Å². The van der Waals surface area contributed by atoms with Crippen LogP contribution in [0.25, 0.3) is 0 Å². The molecule has 0 fully saturated rings. The number of alkyl carbamates (subject to hydrolysis) is 1. The van der Waals surface area contributed by atoms with E-state index >= 15 is 0 Å². The predicted octanol–water partition coefficient (Wildman–Crippen LogP) is 3.44. The van der Waals surface area contributed by atoms with Crippen molar-refractivity contribution in [2.75, 3.05) is 0 Å². The fraction of sp³-hybridized carbons (Fsp3) is 0.409. The van der Waals surface area contributed by atoms with Crippen molar-refractivity contribution in [3.05, 3.63) is 59.8 Å². The minimum atomic E-state index is -0.718. The molecular formula is C22H29N3O4. The summed E-state index contributed by atoms with van der Waals surface area (Å²) in [5.41, 5.74) is 1.64. The Hall–Kier alpha value is -3.09. The number of amides is 2. The number of pyridine rings is 1. The zero-order valence-corrected chi connectivity index (χ0v) is 17.3. The second-order valence-corrected chi connectivity index (χ2v) is 7.28. The summed E-state index contributed by atoms with van der Waals surface area (Å²) in [5.74, 6) is 0.0784. The van der Waals surface area contributed by atoms with Crippen LogP contribution >= 0.6 is 0 Å². The number of hydrogen-bond donors (Lipinski definition) is 2. The predicted molar refractivity (Wildman–Crippen MR) is 110 cm³/mol. The van der Waals surface area contributed by atoms with Gasteiger partial charge in [0.2, 0.25) is 11.8 Å². The van der Waals surface area contributed by atoms with E-state index in [1.807, 2.05) is 64.1 Å². The molecule has 0 bridgehead atoms. The van der Waals surface area contributed by atoms with Gasteiger partial charge in [-0.1, -0.05) is 50.2 Å². The highest BCUT2D eigenvalue weighted by Gasteiger charge is 2.25. The molecule has 1 atom stereocenters. The maximum absolute atomic E-state index is 12.7. The molecule has 1 aromatic carbocycles. The molecule has 29 heavy (non-hydrogen) atoms. The second-order valence-electron chi connectivity index (χ2n) is 7.28. The lowest BCUT2D eigenvalue weighted by molar-refractivity contribution is -0.124. The third-order valence-electron chi connectivity index (χ3n) is 4.09. The molecule has 0 aliphatic heterocycles. The molecule has 156 valence electrons. The van der Waals surface area contributed by atoms with Crippen molar-refractivity contribution in [3.63, 3.8) is 0 Å². The van der Waals surface area contributed by atoms with Crippen LogP contribution in [0.5, 0.6) is 5.88 Å². The molecule has 0 unspecified atom stereocenters. The van der Waals surface area contributed by atoms with Crippen molar-refractivity contribution in [2.45, 2.75) is 53.0 Å². The zero-order valence-electron chi connectivity index (χ0n) is 17.3. The summed E-state index contributed by atoms with van der Waals surface area (Å²) in [6.45, 7) is 7.94. The van der Waals surface area contributed by atoms with E-state index in [1.54, 1.807) is 12.3 Å². The van der Waals surface area contributed by atoms with E-state index in [1.165, 1.54) is 0 Å². The Balaban J connectivity index is 1.91. The Morgan fingerprint density at radius 3 is 2.41 bits per heavy atom. The molecule has 7 nitrogen and oxygen atoms in total. The lowest BCUT2D eigenvalue weighted by Crippen LogP contribution is -2.49. The summed E-state index contributed by atoms with van der Waals surface area (Å²) < 4.78 is 10.9. The first-order chi connectivity index (χ1) is 13.9. The van der Waals surface area contributed by atoms with E-state index in [0.717, 1.165) is 11.1 Å². The normalized spacial score (nSPS) is 11.8. The van der Waals surface area contributed by atoms with Gasteiger partial charge in [-0.25, -0.2) is 9.78 Å². The van der Waals surface area contributed by atoms with Gasteiger partial charge < -0.3 is 20.1 Å². The highest BCUT2D eigenvalue weighted by atomic mass is 16.5. The van der Waals surface area contributed by atoms with E-state index in [0.29, 0.717) is 5.88 Å². The largest absolute Gasteiger partial charge is 0.475 e. The van der Waals surface area contributed by atoms with Crippen LogP contribution in [0.3, 0.4) is 0 Å². The third kappa shape index (κ3) is 7.44. The summed E-state index contributed by atoms with van der Waals surface area (Å²) in [4.78, 5) is 29.0. The number of rotatable bonds is 9. The van der Waals surface area contributed by atoms with Gasteiger partial charge in [-0.2, -0.15) is 0 Å². The SMILES string of the molecule is CC(C)Oc1ncccc1CNC(=O)[C@@H](NC(=O)OCc1ccccc1)C(C)C. The molecule has 2 aromatic rings. The maximum Gasteiger partial charge on any atom is 0.408 e. The van der Waals surface area contributed by atoms with E-state index in [-0.39, 0.29) is 31.1 Å². The molecule has 0 radical (unpaired) electrons. The van der Waals surface area contributed by atoms with Gasteiger partial charge in [0, 0.05) is 18.3 Å². The number of carbonyl (C=O) groups is 2. The number of ether oxygens (including phenoxy) is 2. The standard InChI is InChI=1S/C22H29N3O4/c1-15(2)19(25-22(27)28-14-17-9-6-5-7-10-17)20(26)24-13-18-11-8-12-23-21(18)29-16(3)4/h5-12,15-16,19H,13-14H2,1-4H3,(H,24,26)(H,25,27)/t19-/m0/s1. The number of nitrogens with one attached hydrogen (secondary N) is 2. The Labute approximate surface area is 171 Å². The molecule has 0 saturated carbocycles. The van der Waals surface area contributed by atoms with Crippen molar-refractivity contribution in [2.24, 2.45) is 5.92 Å². The fourth-order valence-electron chi connectivity index (χ4n) is 2.61. The monoisotopic (exact) mass is 399 g/mol. The van der Waals surface area contributed by atoms with Crippen LogP contribution in [0.2, 0.25) is 0 Å². The molecule has 2 rings (SSSR count). The van der Waals surface area contributed by atoms with Crippen molar-refractivity contribution >= 4 is 12.0 Å². The topological polar surface area (TPSA) is 89.5 Å². The molecule has 1 heterocycles. The average Bonchev–Trinajstić information content (AvgIpc) is 2.69. The van der Waals surface area contributed by atoms with Crippen molar-refractivity contribution in [3.8, 4) is 5.88 Å². The van der Waals surface area contributed by atoms with Gasteiger partial charge >= 0.3 is 6.09 Å². The van der Waals surface area contributed by atoms with Gasteiger partial charge in [0.1, 0.15) is 12.6 Å². The van der Waals surface area contributed by atoms with Crippen LogP contribution in [0.15, 0.2) is 48.7 Å². The number of carbonyl (C=O) groups excluding carboxylic acids is 2. The molecule has 7 heteroatoms. The van der Waals surface area contributed by atoms with Crippen LogP contribution in [0.1, 0.15) is 38.8 Å². The quantitative estimate of drug-likeness (QED) is 0.674. The minimum absolute atomic E-state index is 0.0242. The first-order valence-corrected chi connectivity index (χ1v) is 9.72. The first kappa shape index (κ1) is 22.2. The number of nitrogens with zero attached hydrogens (tertiary/aromatic N) is 1. The van der Waals surface area contributed by atoms with Gasteiger partial charge in [-0.3, -0.25) is 4.79 Å². The number of hydrogen-bond acceptors (Lipinski definition) is 5. The van der Waals surface area contributed by atoms with Gasteiger partial charge in [0.25, 0.3) is 0 Å². The van der Waals surface area contributed by atoms with E-state index < -0.39 is 12.1 Å². The first-order valence-electron chi connectivity index (χ1n) is 9.72. The number of benzene rings is 1. The van der Waals surface area contributed by atoms with Crippen molar-refractivity contribution < 1.29 is 19.1 Å². The summed E-state index contributed by atoms with van der Waals surface area (Å²) >= 11 is 0. The Morgan fingerprint density at radius 1 is 1.03 bits per heavy atom. The highest BCUT2D eigenvalue weighted by Crippen LogP contribution is 2.16. The van der Waals surface area contributed by atoms with Crippen LogP contribution in [-0.2, 0) is 22.7 Å². The molecule has 2 amide bonds. The van der Waals surface area contributed by atoms with Gasteiger partial charge in [-0.15, -0.1) is 0 Å². The van der Waals surface area contributed by atoms with Crippen LogP contribution < -0.4 is 15.4 Å². The van der Waals surface area contributed by atoms with Crippen molar-refractivity contribution in [1.29, 1.82) is 0 Å². The fourth-order valence-corrected chi connectivity index (χ4v) is 2.61. The highest BCUT2D eigenvalue weighted by molar-refractivity contribution is 5.85. The van der Waals surface area contributed by atoms with E-state index in [9.17, 15) is 9.59 Å². The van der Waals surface area contributed by atoms with Crippen LogP contribution in [0, 0.1) is 5.92 Å². The van der Waals surface area contributed by atoms with Crippen LogP contribution in [-0.4, -0.2) is 29.1 Å². The minimum Gasteiger partial charge on any atom is -0.475 e. The van der Waals surface area contributed by atoms with E-state index in [2.05, 4.69) is 15.6 Å². The molecule has 0 aliphatic rings. The summed E-state index contributed by atoms with van der Waals surface area (Å²) in [5, 5.41) is 5.49. The Bertz CT molecular complexity index is 794. The van der Waals surface area contributed by atoms with E-state index in [4.69, 9.17) is 9.47 Å². The smallest absolute Gasteiger partial charge is 0.408 e. The summed E-state index contributed by atoms with van der Waals surface area (Å²) in [6.07, 6.45) is 0.987. The number of aromatic nitrogens is 1. The molecule has 1 aromatic heterocycles.